The molecular formula is C60H40N2O. The summed E-state index contributed by atoms with van der Waals surface area (Å²) in [6, 6.07) is 87.0. The van der Waals surface area contributed by atoms with Crippen molar-refractivity contribution in [2.45, 2.75) is 0 Å². The maximum atomic E-state index is 6.36. The molecule has 0 aliphatic heterocycles. The Kier molecular flexibility index (Phi) is 8.83. The Bertz CT molecular complexity index is 3550. The number of benzene rings is 10. The molecule has 0 amide bonds. The van der Waals surface area contributed by atoms with Crippen LogP contribution in [0.15, 0.2) is 247 Å². The highest BCUT2D eigenvalue weighted by atomic mass is 16.3. The molecule has 0 unspecified atom stereocenters. The summed E-state index contributed by atoms with van der Waals surface area (Å²) in [7, 11) is 0. The third-order valence-corrected chi connectivity index (χ3v) is 12.4. The molecule has 0 bridgehead atoms. The van der Waals surface area contributed by atoms with Crippen LogP contribution >= 0.6 is 0 Å². The molecule has 3 heteroatoms. The smallest absolute Gasteiger partial charge is 0.136 e. The van der Waals surface area contributed by atoms with Crippen molar-refractivity contribution < 1.29 is 4.42 Å². The first-order valence-corrected chi connectivity index (χ1v) is 21.5. The zero-order chi connectivity index (χ0) is 41.7. The summed E-state index contributed by atoms with van der Waals surface area (Å²) in [4.78, 5) is 2.38. The van der Waals surface area contributed by atoms with Crippen LogP contribution in [0.1, 0.15) is 0 Å². The number of rotatable bonds is 8. The minimum atomic E-state index is 0.883. The van der Waals surface area contributed by atoms with Crippen LogP contribution in [0.25, 0.3) is 93.9 Å². The van der Waals surface area contributed by atoms with Crippen LogP contribution < -0.4 is 4.90 Å². The molecule has 0 saturated carbocycles. The monoisotopic (exact) mass is 804 g/mol. The molecular weight excluding hydrogens is 765 g/mol. The van der Waals surface area contributed by atoms with Crippen molar-refractivity contribution in [1.29, 1.82) is 0 Å². The van der Waals surface area contributed by atoms with Gasteiger partial charge in [-0.3, -0.25) is 0 Å². The number of furan rings is 1. The van der Waals surface area contributed by atoms with Gasteiger partial charge in [0.1, 0.15) is 11.2 Å². The Labute approximate surface area is 366 Å². The van der Waals surface area contributed by atoms with Gasteiger partial charge in [-0.15, -0.1) is 0 Å². The van der Waals surface area contributed by atoms with Crippen molar-refractivity contribution >= 4 is 60.8 Å². The van der Waals surface area contributed by atoms with Gasteiger partial charge < -0.3 is 13.9 Å². The van der Waals surface area contributed by atoms with Gasteiger partial charge in [0.15, 0.2) is 0 Å². The van der Waals surface area contributed by atoms with Gasteiger partial charge >= 0.3 is 0 Å². The number of nitrogens with zero attached hydrogens (tertiary/aromatic N) is 2. The summed E-state index contributed by atoms with van der Waals surface area (Å²) in [6.45, 7) is 0. The largest absolute Gasteiger partial charge is 0.456 e. The van der Waals surface area contributed by atoms with E-state index < -0.39 is 0 Å². The van der Waals surface area contributed by atoms with E-state index in [9.17, 15) is 0 Å². The van der Waals surface area contributed by atoms with Gasteiger partial charge in [0.05, 0.1) is 16.7 Å². The summed E-state index contributed by atoms with van der Waals surface area (Å²) in [6.07, 6.45) is 0. The molecule has 2 aromatic heterocycles. The molecule has 12 aromatic rings. The van der Waals surface area contributed by atoms with E-state index in [4.69, 9.17) is 4.42 Å². The summed E-state index contributed by atoms with van der Waals surface area (Å²) in [5.74, 6) is 0. The number of anilines is 3. The van der Waals surface area contributed by atoms with Crippen LogP contribution in [0.5, 0.6) is 0 Å². The minimum absolute atomic E-state index is 0.883. The molecule has 0 atom stereocenters. The van der Waals surface area contributed by atoms with Crippen molar-refractivity contribution in [2.75, 3.05) is 4.90 Å². The molecule has 296 valence electrons. The van der Waals surface area contributed by atoms with E-state index in [1.165, 1.54) is 49.6 Å². The van der Waals surface area contributed by atoms with Gasteiger partial charge in [-0.25, -0.2) is 0 Å². The fraction of sp³-hybridized carbons (Fsp3) is 0. The fourth-order valence-corrected chi connectivity index (χ4v) is 9.44. The van der Waals surface area contributed by atoms with E-state index in [0.29, 0.717) is 0 Å². The van der Waals surface area contributed by atoms with E-state index in [2.05, 4.69) is 240 Å². The molecule has 12 rings (SSSR count). The lowest BCUT2D eigenvalue weighted by atomic mass is 9.96. The third-order valence-electron chi connectivity index (χ3n) is 12.4. The number of fused-ring (bicyclic) bond motifs is 6. The van der Waals surface area contributed by atoms with Crippen LogP contribution in [-0.2, 0) is 0 Å². The van der Waals surface area contributed by atoms with E-state index >= 15 is 0 Å². The number of aromatic nitrogens is 1. The van der Waals surface area contributed by atoms with Crippen LogP contribution in [0.4, 0.5) is 17.1 Å². The second kappa shape index (κ2) is 15.3. The quantitative estimate of drug-likeness (QED) is 0.153. The highest BCUT2D eigenvalue weighted by Crippen LogP contribution is 2.45. The Balaban J connectivity index is 0.911. The molecule has 2 heterocycles. The predicted octanol–water partition coefficient (Wildman–Crippen LogP) is 16.8. The van der Waals surface area contributed by atoms with Crippen molar-refractivity contribution in [3.63, 3.8) is 0 Å². The first kappa shape index (κ1) is 36.5. The highest BCUT2D eigenvalue weighted by Gasteiger charge is 2.21. The Morgan fingerprint density at radius 3 is 1.44 bits per heavy atom. The first-order chi connectivity index (χ1) is 31.2. The van der Waals surface area contributed by atoms with E-state index in [1.807, 2.05) is 12.1 Å². The van der Waals surface area contributed by atoms with E-state index in [0.717, 1.165) is 61.4 Å². The third kappa shape index (κ3) is 6.38. The Hall–Kier alpha value is -8.40. The predicted molar refractivity (Wildman–Crippen MR) is 264 cm³/mol. The summed E-state index contributed by atoms with van der Waals surface area (Å²) < 4.78 is 8.74. The van der Waals surface area contributed by atoms with Crippen LogP contribution in [0, 0.1) is 0 Å². The van der Waals surface area contributed by atoms with E-state index in [1.54, 1.807) is 0 Å². The average molecular weight is 805 g/mol. The molecule has 10 aromatic carbocycles. The van der Waals surface area contributed by atoms with Crippen LogP contribution in [0.2, 0.25) is 0 Å². The van der Waals surface area contributed by atoms with Crippen molar-refractivity contribution in [3.8, 4) is 50.2 Å². The lowest BCUT2D eigenvalue weighted by Crippen LogP contribution is -2.11. The van der Waals surface area contributed by atoms with Crippen LogP contribution in [-0.4, -0.2) is 4.57 Å². The van der Waals surface area contributed by atoms with Gasteiger partial charge in [-0.2, -0.15) is 0 Å². The van der Waals surface area contributed by atoms with Crippen molar-refractivity contribution in [3.05, 3.63) is 243 Å². The Morgan fingerprint density at radius 1 is 0.317 bits per heavy atom. The lowest BCUT2D eigenvalue weighted by molar-refractivity contribution is 0.669. The topological polar surface area (TPSA) is 21.3 Å². The molecule has 0 aliphatic rings. The average Bonchev–Trinajstić information content (AvgIpc) is 3.91. The summed E-state index contributed by atoms with van der Waals surface area (Å²) in [5.41, 5.74) is 17.9. The molecule has 63 heavy (non-hydrogen) atoms. The second-order valence-corrected chi connectivity index (χ2v) is 16.1. The zero-order valence-corrected chi connectivity index (χ0v) is 34.4. The van der Waals surface area contributed by atoms with Gasteiger partial charge in [0.25, 0.3) is 0 Å². The molecule has 0 saturated heterocycles. The van der Waals surface area contributed by atoms with E-state index in [-0.39, 0.29) is 0 Å². The van der Waals surface area contributed by atoms with Crippen molar-refractivity contribution in [1.82, 2.24) is 4.57 Å². The SMILES string of the molecule is c1ccc(-c2ccc(N(c3ccc(-c4ccc(-c5cccc(-n6c7ccccc7c7ccccc76)c5)cc4)cc3)c3ccccc3-c3cccc4oc5ccccc5c34)cc2)cc1. The van der Waals surface area contributed by atoms with Gasteiger partial charge in [0.2, 0.25) is 0 Å². The summed E-state index contributed by atoms with van der Waals surface area (Å²) in [5, 5.41) is 4.77. The number of para-hydroxylation sites is 4. The molecule has 0 fully saturated rings. The Morgan fingerprint density at radius 2 is 0.778 bits per heavy atom. The maximum absolute atomic E-state index is 6.36. The normalized spacial score (nSPS) is 11.5. The number of hydrogen-bond donors (Lipinski definition) is 0. The van der Waals surface area contributed by atoms with Gasteiger partial charge in [-0.05, 0) is 106 Å². The standard InChI is InChI=1S/C60H40N2O/c1-2-14-41(15-3-1)43-32-36-47(37-33-43)61(55-23-8-6-20-52(55)53-22-13-27-59-60(53)54-21-7-11-26-58(54)63-59)48-38-34-44(35-39-48)42-28-30-45(31-29-42)46-16-12-17-49(40-46)62-56-24-9-4-18-50(56)51-19-5-10-25-57(51)62/h1-40H. The van der Waals surface area contributed by atoms with Crippen LogP contribution in [0.3, 0.4) is 0 Å². The molecule has 0 spiro atoms. The molecule has 0 radical (unpaired) electrons. The maximum Gasteiger partial charge on any atom is 0.136 e. The summed E-state index contributed by atoms with van der Waals surface area (Å²) >= 11 is 0. The fourth-order valence-electron chi connectivity index (χ4n) is 9.44. The molecule has 0 N–H and O–H groups in total. The molecule has 0 aliphatic carbocycles. The zero-order valence-electron chi connectivity index (χ0n) is 34.4. The highest BCUT2D eigenvalue weighted by molar-refractivity contribution is 6.14. The number of hydrogen-bond acceptors (Lipinski definition) is 2. The first-order valence-electron chi connectivity index (χ1n) is 21.5. The van der Waals surface area contributed by atoms with Crippen molar-refractivity contribution in [2.24, 2.45) is 0 Å². The lowest BCUT2D eigenvalue weighted by Gasteiger charge is -2.28. The molecule has 3 nitrogen and oxygen atoms in total. The minimum Gasteiger partial charge on any atom is -0.456 e. The second-order valence-electron chi connectivity index (χ2n) is 16.1. The van der Waals surface area contributed by atoms with Gasteiger partial charge in [0, 0.05) is 44.2 Å². The van der Waals surface area contributed by atoms with Gasteiger partial charge in [-0.1, -0.05) is 176 Å².